The number of carboxylic acids is 1. The van der Waals surface area contributed by atoms with E-state index < -0.39 is 5.97 Å². The third-order valence-corrected chi connectivity index (χ3v) is 1.23. The van der Waals surface area contributed by atoms with Crippen LogP contribution in [0.3, 0.4) is 0 Å². The molecule has 1 rings (SSSR count). The number of nitrogens with zero attached hydrogens (tertiary/aromatic N) is 2. The molecule has 0 aromatic carbocycles. The summed E-state index contributed by atoms with van der Waals surface area (Å²) in [7, 11) is 1.45. The maximum atomic E-state index is 10.2. The molecule has 0 unspecified atom stereocenters. The number of hydrogen-bond acceptors (Lipinski definition) is 5. The number of carboxylic acid groups (broad SMARTS) is 1. The summed E-state index contributed by atoms with van der Waals surface area (Å²) in [6, 6.07) is 1.45. The fraction of sp³-hybridized carbons (Fsp3) is 0.286. The van der Waals surface area contributed by atoms with Gasteiger partial charge in [-0.25, -0.2) is 9.97 Å². The first-order valence-corrected chi connectivity index (χ1v) is 3.27. The van der Waals surface area contributed by atoms with Crippen LogP contribution in [0.1, 0.15) is 5.69 Å². The third-order valence-electron chi connectivity index (χ3n) is 1.23. The van der Waals surface area contributed by atoms with Crippen LogP contribution < -0.4 is 39.4 Å². The molecular weight excluding hydrogens is 183 g/mol. The van der Waals surface area contributed by atoms with Gasteiger partial charge in [0.05, 0.1) is 12.8 Å². The van der Waals surface area contributed by atoms with Crippen molar-refractivity contribution in [2.75, 3.05) is 7.11 Å². The zero-order valence-corrected chi connectivity index (χ0v) is 9.48. The minimum absolute atomic E-state index is 0. The molecule has 6 heteroatoms. The normalized spacial score (nSPS) is 8.69. The van der Waals surface area contributed by atoms with E-state index in [1.807, 2.05) is 0 Å². The van der Waals surface area contributed by atoms with Crippen LogP contribution in [0.4, 0.5) is 0 Å². The van der Waals surface area contributed by atoms with Crippen molar-refractivity contribution in [2.45, 2.75) is 6.42 Å². The van der Waals surface area contributed by atoms with E-state index in [-0.39, 0.29) is 36.0 Å². The van der Waals surface area contributed by atoms with E-state index in [0.29, 0.717) is 11.6 Å². The first kappa shape index (κ1) is 12.3. The zero-order chi connectivity index (χ0) is 8.97. The molecular formula is C7H7N2NaO3. The SMILES string of the molecule is COc1cc(CC(=O)[O-])ncn1.[Na+]. The van der Waals surface area contributed by atoms with Gasteiger partial charge in [0.1, 0.15) is 6.33 Å². The van der Waals surface area contributed by atoms with Gasteiger partial charge < -0.3 is 14.6 Å². The van der Waals surface area contributed by atoms with Gasteiger partial charge in [0, 0.05) is 18.5 Å². The van der Waals surface area contributed by atoms with Gasteiger partial charge in [0.15, 0.2) is 0 Å². The number of hydrogen-bond donors (Lipinski definition) is 0. The van der Waals surface area contributed by atoms with E-state index in [1.54, 1.807) is 0 Å². The number of aliphatic carboxylic acids is 1. The molecule has 0 bridgehead atoms. The summed E-state index contributed by atoms with van der Waals surface area (Å²) in [5.41, 5.74) is 0.377. The molecule has 0 saturated heterocycles. The Bertz CT molecular complexity index is 293. The smallest absolute Gasteiger partial charge is 0.550 e. The monoisotopic (exact) mass is 190 g/mol. The van der Waals surface area contributed by atoms with Crippen molar-refractivity contribution in [1.29, 1.82) is 0 Å². The van der Waals surface area contributed by atoms with Crippen molar-refractivity contribution >= 4 is 5.97 Å². The van der Waals surface area contributed by atoms with Gasteiger partial charge in [0.25, 0.3) is 0 Å². The minimum Gasteiger partial charge on any atom is -0.550 e. The molecule has 5 nitrogen and oxygen atoms in total. The van der Waals surface area contributed by atoms with E-state index in [9.17, 15) is 9.90 Å². The fourth-order valence-electron chi connectivity index (χ4n) is 0.733. The Hall–Kier alpha value is -0.650. The van der Waals surface area contributed by atoms with Gasteiger partial charge in [-0.05, 0) is 0 Å². The van der Waals surface area contributed by atoms with E-state index in [0.717, 1.165) is 0 Å². The summed E-state index contributed by atoms with van der Waals surface area (Å²) < 4.78 is 4.77. The van der Waals surface area contributed by atoms with Crippen LogP contribution in [0.25, 0.3) is 0 Å². The van der Waals surface area contributed by atoms with Crippen LogP contribution in [0, 0.1) is 0 Å². The first-order valence-electron chi connectivity index (χ1n) is 3.27. The quantitative estimate of drug-likeness (QED) is 0.451. The molecule has 0 spiro atoms. The van der Waals surface area contributed by atoms with Crippen LogP contribution in [0.2, 0.25) is 0 Å². The summed E-state index contributed by atoms with van der Waals surface area (Å²) in [6.45, 7) is 0. The number of methoxy groups -OCH3 is 1. The maximum absolute atomic E-state index is 10.2. The third kappa shape index (κ3) is 4.21. The van der Waals surface area contributed by atoms with Gasteiger partial charge in [0.2, 0.25) is 5.88 Å². The van der Waals surface area contributed by atoms with Gasteiger partial charge >= 0.3 is 29.6 Å². The van der Waals surface area contributed by atoms with Gasteiger partial charge in [-0.1, -0.05) is 0 Å². The van der Waals surface area contributed by atoms with Crippen LogP contribution in [-0.4, -0.2) is 23.0 Å². The van der Waals surface area contributed by atoms with Crippen molar-refractivity contribution < 1.29 is 44.2 Å². The number of aromatic nitrogens is 2. The largest absolute Gasteiger partial charge is 1.00 e. The van der Waals surface area contributed by atoms with E-state index in [2.05, 4.69) is 9.97 Å². The summed E-state index contributed by atoms with van der Waals surface area (Å²) in [4.78, 5) is 17.6. The average Bonchev–Trinajstić information content (AvgIpc) is 2.03. The Morgan fingerprint density at radius 2 is 2.31 bits per heavy atom. The van der Waals surface area contributed by atoms with Crippen LogP contribution in [0.5, 0.6) is 5.88 Å². The summed E-state index contributed by atoms with van der Waals surface area (Å²) in [5, 5.41) is 10.2. The van der Waals surface area contributed by atoms with Gasteiger partial charge in [-0.3, -0.25) is 0 Å². The Morgan fingerprint density at radius 3 is 2.85 bits per heavy atom. The molecule has 0 aliphatic carbocycles. The van der Waals surface area contributed by atoms with E-state index in [1.165, 1.54) is 19.5 Å². The molecule has 0 atom stereocenters. The first-order chi connectivity index (χ1) is 5.72. The Morgan fingerprint density at radius 1 is 1.62 bits per heavy atom. The number of carbonyl (C=O) groups excluding carboxylic acids is 1. The second kappa shape index (κ2) is 5.90. The van der Waals surface area contributed by atoms with Gasteiger partial charge in [-0.15, -0.1) is 0 Å². The van der Waals surface area contributed by atoms with Crippen LogP contribution in [-0.2, 0) is 11.2 Å². The average molecular weight is 190 g/mol. The number of carbonyl (C=O) groups is 1. The topological polar surface area (TPSA) is 75.1 Å². The Labute approximate surface area is 97.4 Å². The molecule has 13 heavy (non-hydrogen) atoms. The number of ether oxygens (including phenoxy) is 1. The molecule has 0 N–H and O–H groups in total. The zero-order valence-electron chi connectivity index (χ0n) is 7.48. The molecule has 0 amide bonds. The Kier molecular flexibility index (Phi) is 5.61. The Balaban J connectivity index is 0.00000144. The predicted molar refractivity (Wildman–Crippen MR) is 37.3 cm³/mol. The number of rotatable bonds is 3. The molecule has 64 valence electrons. The molecule has 1 aromatic rings. The molecule has 0 aliphatic heterocycles. The second-order valence-electron chi connectivity index (χ2n) is 2.10. The van der Waals surface area contributed by atoms with Crippen molar-refractivity contribution in [2.24, 2.45) is 0 Å². The van der Waals surface area contributed by atoms with E-state index >= 15 is 0 Å². The maximum Gasteiger partial charge on any atom is 1.00 e. The van der Waals surface area contributed by atoms with Crippen LogP contribution in [0.15, 0.2) is 12.4 Å². The molecule has 1 heterocycles. The van der Waals surface area contributed by atoms with E-state index in [4.69, 9.17) is 4.74 Å². The van der Waals surface area contributed by atoms with Gasteiger partial charge in [-0.2, -0.15) is 0 Å². The summed E-state index contributed by atoms with van der Waals surface area (Å²) in [5.74, 6) is -0.822. The fourth-order valence-corrected chi connectivity index (χ4v) is 0.733. The summed E-state index contributed by atoms with van der Waals surface area (Å²) in [6.07, 6.45) is 1.02. The minimum atomic E-state index is -1.17. The standard InChI is InChI=1S/C7H8N2O3.Na/c1-12-6-2-5(3-7(10)11)8-4-9-6;/h2,4H,3H2,1H3,(H,10,11);/q;+1/p-1. The van der Waals surface area contributed by atoms with Crippen molar-refractivity contribution in [3.63, 3.8) is 0 Å². The van der Waals surface area contributed by atoms with Crippen molar-refractivity contribution in [3.8, 4) is 5.88 Å². The van der Waals surface area contributed by atoms with Crippen LogP contribution >= 0.6 is 0 Å². The predicted octanol–water partition coefficient (Wildman–Crippen LogP) is -4.22. The summed E-state index contributed by atoms with van der Waals surface area (Å²) >= 11 is 0. The molecule has 0 saturated carbocycles. The van der Waals surface area contributed by atoms with Crippen molar-refractivity contribution in [1.82, 2.24) is 9.97 Å². The van der Waals surface area contributed by atoms with Crippen molar-refractivity contribution in [3.05, 3.63) is 18.1 Å². The molecule has 0 aliphatic rings. The second-order valence-corrected chi connectivity index (χ2v) is 2.10. The molecule has 0 fully saturated rings. The molecule has 0 radical (unpaired) electrons. The molecule has 1 aromatic heterocycles.